The number of thiophene rings is 1. The summed E-state index contributed by atoms with van der Waals surface area (Å²) in [5.74, 6) is -0.199. The monoisotopic (exact) mass is 551 g/mol. The first-order valence-electron chi connectivity index (χ1n) is 11.8. The number of aromatic nitrogens is 1. The van der Waals surface area contributed by atoms with Crippen molar-refractivity contribution in [2.45, 2.75) is 24.0 Å². The molecule has 3 aliphatic rings. The number of piperazine rings is 1. The Hall–Kier alpha value is -2.02. The number of carbonyl (C=O) groups is 1. The number of likely N-dealkylation sites (N-methyl/N-ethyl adjacent to an activating group) is 1. The van der Waals surface area contributed by atoms with Gasteiger partial charge in [-0.3, -0.25) is 14.7 Å². The Balaban J connectivity index is 1.39. The molecule has 2 aromatic rings. The molecule has 1 atom stereocenters. The van der Waals surface area contributed by atoms with Gasteiger partial charge in [0.05, 0.1) is 24.0 Å². The largest absolute Gasteiger partial charge is 0.381 e. The molecule has 1 unspecified atom stereocenters. The van der Waals surface area contributed by atoms with Gasteiger partial charge < -0.3 is 14.5 Å². The molecule has 0 bridgehead atoms. The summed E-state index contributed by atoms with van der Waals surface area (Å²) in [5, 5.41) is 1.16. The van der Waals surface area contributed by atoms with Crippen LogP contribution in [0.4, 0.5) is 5.69 Å². The maximum atomic E-state index is 13.4. The number of amides is 1. The molecule has 0 aliphatic carbocycles. The van der Waals surface area contributed by atoms with E-state index in [9.17, 15) is 13.2 Å². The lowest BCUT2D eigenvalue weighted by molar-refractivity contribution is -0.152. The molecule has 12 heteroatoms. The van der Waals surface area contributed by atoms with E-state index in [4.69, 9.17) is 16.3 Å². The zero-order chi connectivity index (χ0) is 25.6. The summed E-state index contributed by atoms with van der Waals surface area (Å²) in [4.78, 5) is 24.7. The Morgan fingerprint density at radius 2 is 1.89 bits per heavy atom. The number of ether oxygens (including phenoxy) is 1. The van der Waals surface area contributed by atoms with Gasteiger partial charge in [0.25, 0.3) is 0 Å². The zero-order valence-electron chi connectivity index (χ0n) is 20.3. The summed E-state index contributed by atoms with van der Waals surface area (Å²) >= 11 is 7.27. The number of sulfonamides is 1. The molecule has 0 saturated carbocycles. The lowest BCUT2D eigenvalue weighted by Gasteiger charge is -2.50. The molecule has 2 aromatic heterocycles. The fraction of sp³-hybridized carbons (Fsp3) is 0.500. The highest BCUT2D eigenvalue weighted by Gasteiger charge is 2.62. The number of anilines is 1. The van der Waals surface area contributed by atoms with Crippen LogP contribution in [0.25, 0.3) is 6.08 Å². The van der Waals surface area contributed by atoms with Gasteiger partial charge in [-0.15, -0.1) is 11.3 Å². The molecular weight excluding hydrogens is 522 g/mol. The second kappa shape index (κ2) is 9.70. The van der Waals surface area contributed by atoms with E-state index >= 15 is 0 Å². The lowest BCUT2D eigenvalue weighted by Crippen LogP contribution is -2.70. The summed E-state index contributed by atoms with van der Waals surface area (Å²) in [7, 11) is -0.237. The first-order valence-corrected chi connectivity index (χ1v) is 14.5. The van der Waals surface area contributed by atoms with Gasteiger partial charge in [-0.25, -0.2) is 8.42 Å². The van der Waals surface area contributed by atoms with Crippen LogP contribution in [-0.2, 0) is 19.6 Å². The standard InChI is InChI=1S/C24H30ClN5O4S2/c1-27-23(8-12-28(13-9-23)19-5-10-26-11-6-19)16-30-22(31)15-29(17-24(27,30)18-34-2)36(32,33)14-7-20-3-4-21(25)35-20/h3-7,10-11,14H,8-9,12-13,15-18H2,1-2H3/b14-7+. The quantitative estimate of drug-likeness (QED) is 0.545. The van der Waals surface area contributed by atoms with Crippen molar-refractivity contribution in [2.75, 3.05) is 58.4 Å². The molecule has 36 heavy (non-hydrogen) atoms. The molecule has 0 aromatic carbocycles. The Labute approximate surface area is 220 Å². The fourth-order valence-electron chi connectivity index (χ4n) is 5.77. The van der Waals surface area contributed by atoms with Crippen LogP contribution >= 0.6 is 22.9 Å². The molecule has 0 N–H and O–H groups in total. The van der Waals surface area contributed by atoms with Crippen LogP contribution in [0, 0.1) is 0 Å². The normalized spacial score (nSPS) is 25.2. The van der Waals surface area contributed by atoms with Crippen molar-refractivity contribution in [3.8, 4) is 0 Å². The van der Waals surface area contributed by atoms with Gasteiger partial charge in [0, 0.05) is 60.6 Å². The topological polar surface area (TPSA) is 86.3 Å². The van der Waals surface area contributed by atoms with Crippen molar-refractivity contribution in [3.05, 3.63) is 51.3 Å². The van der Waals surface area contributed by atoms with Gasteiger partial charge in [-0.05, 0) is 50.2 Å². The molecule has 1 amide bonds. The third-order valence-electron chi connectivity index (χ3n) is 7.79. The minimum atomic E-state index is -3.84. The van der Waals surface area contributed by atoms with E-state index in [2.05, 4.69) is 14.8 Å². The highest BCUT2D eigenvalue weighted by atomic mass is 35.5. The average Bonchev–Trinajstić information content (AvgIpc) is 3.39. The predicted octanol–water partition coefficient (Wildman–Crippen LogP) is 2.57. The van der Waals surface area contributed by atoms with Crippen LogP contribution in [0.15, 0.2) is 42.1 Å². The number of carbonyl (C=O) groups excluding carboxylic acids is 1. The number of halogens is 1. The molecular formula is C24H30ClN5O4S2. The molecule has 0 radical (unpaired) electrons. The van der Waals surface area contributed by atoms with Crippen molar-refractivity contribution in [2.24, 2.45) is 0 Å². The SMILES string of the molecule is COCC12CN(S(=O)(=O)/C=C/c3ccc(Cl)s3)CC(=O)N1CC1(CCN(c3ccncc3)CC1)N2C. The second-order valence-electron chi connectivity index (χ2n) is 9.63. The van der Waals surface area contributed by atoms with E-state index in [0.29, 0.717) is 10.9 Å². The summed E-state index contributed by atoms with van der Waals surface area (Å²) in [5.41, 5.74) is 0.0221. The van der Waals surface area contributed by atoms with Crippen molar-refractivity contribution < 1.29 is 17.9 Å². The minimum Gasteiger partial charge on any atom is -0.381 e. The smallest absolute Gasteiger partial charge is 0.239 e. The number of rotatable bonds is 6. The second-order valence-corrected chi connectivity index (χ2v) is 13.2. The Bertz CT molecular complexity index is 1250. The Morgan fingerprint density at radius 1 is 1.17 bits per heavy atom. The lowest BCUT2D eigenvalue weighted by atomic mass is 9.86. The van der Waals surface area contributed by atoms with Gasteiger partial charge in [-0.2, -0.15) is 4.31 Å². The number of nitrogens with zero attached hydrogens (tertiary/aromatic N) is 5. The Kier molecular flexibility index (Phi) is 6.90. The number of fused-ring (bicyclic) bond motifs is 1. The van der Waals surface area contributed by atoms with E-state index in [0.717, 1.165) is 41.9 Å². The van der Waals surface area contributed by atoms with Gasteiger partial charge in [0.1, 0.15) is 5.66 Å². The van der Waals surface area contributed by atoms with E-state index in [1.807, 2.05) is 24.1 Å². The first-order chi connectivity index (χ1) is 17.2. The summed E-state index contributed by atoms with van der Waals surface area (Å²) in [6.07, 6.45) is 6.83. The van der Waals surface area contributed by atoms with Crippen molar-refractivity contribution >= 4 is 50.6 Å². The molecule has 3 fully saturated rings. The van der Waals surface area contributed by atoms with Gasteiger partial charge in [0.15, 0.2) is 0 Å². The van der Waals surface area contributed by atoms with Crippen LogP contribution in [-0.4, -0.2) is 98.1 Å². The van der Waals surface area contributed by atoms with E-state index < -0.39 is 15.7 Å². The number of piperidine rings is 1. The fourth-order valence-corrected chi connectivity index (χ4v) is 7.99. The molecule has 5 rings (SSSR count). The van der Waals surface area contributed by atoms with Gasteiger partial charge >= 0.3 is 0 Å². The van der Waals surface area contributed by atoms with E-state index in [1.165, 1.54) is 21.7 Å². The Morgan fingerprint density at radius 3 is 2.53 bits per heavy atom. The van der Waals surface area contributed by atoms with Gasteiger partial charge in [0.2, 0.25) is 15.9 Å². The maximum Gasteiger partial charge on any atom is 0.239 e. The molecule has 1 spiro atoms. The molecule has 5 heterocycles. The number of methoxy groups -OCH3 is 1. The van der Waals surface area contributed by atoms with Crippen LogP contribution in [0.2, 0.25) is 4.34 Å². The van der Waals surface area contributed by atoms with E-state index in [1.54, 1.807) is 31.6 Å². The highest BCUT2D eigenvalue weighted by Crippen LogP contribution is 2.45. The van der Waals surface area contributed by atoms with Crippen molar-refractivity contribution in [1.82, 2.24) is 19.1 Å². The molecule has 9 nitrogen and oxygen atoms in total. The molecule has 194 valence electrons. The summed E-state index contributed by atoms with van der Waals surface area (Å²) in [6, 6.07) is 7.51. The highest BCUT2D eigenvalue weighted by molar-refractivity contribution is 7.92. The van der Waals surface area contributed by atoms with Crippen molar-refractivity contribution in [1.29, 1.82) is 0 Å². The summed E-state index contributed by atoms with van der Waals surface area (Å²) < 4.78 is 34.1. The third kappa shape index (κ3) is 4.46. The number of hydrogen-bond donors (Lipinski definition) is 0. The molecule has 3 aliphatic heterocycles. The minimum absolute atomic E-state index is 0.150. The third-order valence-corrected chi connectivity index (χ3v) is 10.4. The van der Waals surface area contributed by atoms with Crippen LogP contribution in [0.3, 0.4) is 0 Å². The van der Waals surface area contributed by atoms with Gasteiger partial charge in [-0.1, -0.05) is 11.6 Å². The predicted molar refractivity (Wildman–Crippen MR) is 141 cm³/mol. The van der Waals surface area contributed by atoms with Crippen LogP contribution < -0.4 is 4.90 Å². The maximum absolute atomic E-state index is 13.4. The average molecular weight is 552 g/mol. The van der Waals surface area contributed by atoms with E-state index in [-0.39, 0.29) is 31.1 Å². The number of pyridine rings is 1. The summed E-state index contributed by atoms with van der Waals surface area (Å²) in [6.45, 7) is 2.43. The zero-order valence-corrected chi connectivity index (χ0v) is 22.7. The van der Waals surface area contributed by atoms with Crippen LogP contribution in [0.1, 0.15) is 17.7 Å². The molecule has 3 saturated heterocycles. The van der Waals surface area contributed by atoms with Crippen molar-refractivity contribution in [3.63, 3.8) is 0 Å². The van der Waals surface area contributed by atoms with Crippen LogP contribution in [0.5, 0.6) is 0 Å². The first kappa shape index (κ1) is 25.6. The number of hydrogen-bond acceptors (Lipinski definition) is 8.